The lowest BCUT2D eigenvalue weighted by molar-refractivity contribution is -0.132. The summed E-state index contributed by atoms with van der Waals surface area (Å²) < 4.78 is 83.4. The predicted molar refractivity (Wildman–Crippen MR) is 182 cm³/mol. The topological polar surface area (TPSA) is 154 Å². The third kappa shape index (κ3) is 11.7. The zero-order chi connectivity index (χ0) is 39.1. The summed E-state index contributed by atoms with van der Waals surface area (Å²) in [6.45, 7) is 8.05. The van der Waals surface area contributed by atoms with Crippen LogP contribution in [0.1, 0.15) is 52.6 Å². The van der Waals surface area contributed by atoms with E-state index in [9.17, 15) is 27.5 Å². The average Bonchev–Trinajstić information content (AvgIpc) is 3.05. The second-order valence-corrected chi connectivity index (χ2v) is 14.8. The summed E-state index contributed by atoms with van der Waals surface area (Å²) in [4.78, 5) is 26.9. The first kappa shape index (κ1) is 30.5. The number of carbonyl (C=O) groups is 2. The first-order chi connectivity index (χ1) is 24.1. The summed E-state index contributed by atoms with van der Waals surface area (Å²) in [5.74, 6) is -1.95. The van der Waals surface area contributed by atoms with Gasteiger partial charge in [-0.2, -0.15) is 4.31 Å². The van der Waals surface area contributed by atoms with Gasteiger partial charge in [0.05, 0.1) is 30.4 Å². The SMILES string of the molecule is [2H]c1c([2H])c([2H])c(C[C@H](NC(=O)[C@@H](NC(=O)CNCc2cccc(F)c2)C(C)(C)C)[C@H](O)CN(CC(C)C)S(=O)(=O)c2ccc(N)cc2)c([2H])c1[2H]. The van der Waals surface area contributed by atoms with E-state index >= 15 is 0 Å². The molecule has 0 aromatic heterocycles. The minimum atomic E-state index is -4.20. The Kier molecular flexibility index (Phi) is 10.9. The highest BCUT2D eigenvalue weighted by Crippen LogP contribution is 2.22. The molecule has 0 radical (unpaired) electrons. The lowest BCUT2D eigenvalue weighted by Gasteiger charge is -2.34. The highest BCUT2D eigenvalue weighted by atomic mass is 32.2. The largest absolute Gasteiger partial charge is 0.399 e. The maximum absolute atomic E-state index is 14.0. The third-order valence-corrected chi connectivity index (χ3v) is 9.03. The molecular formula is C35H48FN5O5S. The Morgan fingerprint density at radius 3 is 2.26 bits per heavy atom. The second kappa shape index (κ2) is 16.8. The summed E-state index contributed by atoms with van der Waals surface area (Å²) in [7, 11) is -4.20. The van der Waals surface area contributed by atoms with E-state index in [1.165, 1.54) is 42.5 Å². The first-order valence-electron chi connectivity index (χ1n) is 17.8. The molecule has 256 valence electrons. The molecule has 0 aliphatic rings. The molecule has 3 atom stereocenters. The number of hydrogen-bond donors (Lipinski definition) is 5. The molecule has 0 aliphatic carbocycles. The van der Waals surface area contributed by atoms with E-state index < -0.39 is 94.4 Å². The molecule has 3 aromatic rings. The van der Waals surface area contributed by atoms with Gasteiger partial charge in [0.25, 0.3) is 0 Å². The van der Waals surface area contributed by atoms with Crippen molar-refractivity contribution in [2.24, 2.45) is 11.3 Å². The number of halogens is 1. The number of anilines is 1. The fourth-order valence-electron chi connectivity index (χ4n) is 4.80. The monoisotopic (exact) mass is 674 g/mol. The van der Waals surface area contributed by atoms with Crippen molar-refractivity contribution >= 4 is 27.5 Å². The fraction of sp³-hybridized carbons (Fsp3) is 0.429. The van der Waals surface area contributed by atoms with Crippen LogP contribution in [0, 0.1) is 17.2 Å². The molecule has 47 heavy (non-hydrogen) atoms. The zero-order valence-electron chi connectivity index (χ0n) is 32.4. The van der Waals surface area contributed by atoms with Crippen LogP contribution in [0.15, 0.2) is 83.6 Å². The molecule has 0 unspecified atom stereocenters. The Morgan fingerprint density at radius 2 is 1.66 bits per heavy atom. The van der Waals surface area contributed by atoms with E-state index in [2.05, 4.69) is 16.0 Å². The van der Waals surface area contributed by atoms with Gasteiger partial charge >= 0.3 is 0 Å². The van der Waals surface area contributed by atoms with Gasteiger partial charge in [0, 0.05) is 25.3 Å². The lowest BCUT2D eigenvalue weighted by Crippen LogP contribution is -2.59. The number of rotatable bonds is 16. The molecule has 0 bridgehead atoms. The van der Waals surface area contributed by atoms with Gasteiger partial charge in [-0.15, -0.1) is 0 Å². The lowest BCUT2D eigenvalue weighted by atomic mass is 9.85. The second-order valence-electron chi connectivity index (χ2n) is 12.9. The quantitative estimate of drug-likeness (QED) is 0.146. The van der Waals surface area contributed by atoms with Crippen LogP contribution >= 0.6 is 0 Å². The zero-order valence-corrected chi connectivity index (χ0v) is 28.2. The number of sulfonamides is 1. The van der Waals surface area contributed by atoms with Crippen LogP contribution < -0.4 is 21.7 Å². The van der Waals surface area contributed by atoms with Crippen LogP contribution in [0.5, 0.6) is 0 Å². The molecule has 0 aliphatic heterocycles. The Labute approximate surface area is 285 Å². The van der Waals surface area contributed by atoms with Crippen LogP contribution in [0.3, 0.4) is 0 Å². The van der Waals surface area contributed by atoms with E-state index in [0.29, 0.717) is 11.3 Å². The number of aliphatic hydroxyl groups is 1. The highest BCUT2D eigenvalue weighted by molar-refractivity contribution is 7.89. The summed E-state index contributed by atoms with van der Waals surface area (Å²) in [5, 5.41) is 20.0. The molecular weight excluding hydrogens is 621 g/mol. The van der Waals surface area contributed by atoms with Crippen molar-refractivity contribution in [1.82, 2.24) is 20.3 Å². The van der Waals surface area contributed by atoms with Gasteiger partial charge in [0.1, 0.15) is 11.9 Å². The molecule has 0 spiro atoms. The molecule has 0 saturated heterocycles. The predicted octanol–water partition coefficient (Wildman–Crippen LogP) is 3.46. The standard InChI is InChI=1S/C35H48FN5O5S/c1-24(2)22-41(47(45,46)29-16-14-28(37)15-17-29)23-31(42)30(19-25-10-7-6-8-11-25)39-34(44)33(35(3,4)5)40-32(43)21-38-20-26-12-9-13-27(36)18-26/h6-18,24,30-31,33,38,42H,19-23,37H2,1-5H3,(H,39,44)(H,40,43)/t30-,31+,33+/m0/s1/i6D,7D,8D,10D,11D. The Hall–Kier alpha value is -3.84. The van der Waals surface area contributed by atoms with Crippen molar-refractivity contribution in [2.45, 2.75) is 70.7 Å². The molecule has 0 saturated carbocycles. The molecule has 3 aromatic carbocycles. The van der Waals surface area contributed by atoms with Gasteiger partial charge in [-0.05, 0) is 65.3 Å². The number of nitrogens with two attached hydrogens (primary N) is 1. The van der Waals surface area contributed by atoms with Crippen molar-refractivity contribution in [3.63, 3.8) is 0 Å². The molecule has 3 rings (SSSR count). The van der Waals surface area contributed by atoms with Gasteiger partial charge in [-0.25, -0.2) is 12.8 Å². The van der Waals surface area contributed by atoms with Crippen molar-refractivity contribution in [1.29, 1.82) is 0 Å². The first-order valence-corrected chi connectivity index (χ1v) is 16.7. The number of amides is 2. The van der Waals surface area contributed by atoms with Crippen LogP contribution in [0.25, 0.3) is 0 Å². The van der Waals surface area contributed by atoms with Crippen LogP contribution in [-0.4, -0.2) is 67.5 Å². The molecule has 0 heterocycles. The van der Waals surface area contributed by atoms with Gasteiger partial charge in [0.15, 0.2) is 0 Å². The van der Waals surface area contributed by atoms with Crippen LogP contribution in [0.4, 0.5) is 10.1 Å². The van der Waals surface area contributed by atoms with Crippen molar-refractivity contribution in [3.05, 3.63) is 95.7 Å². The maximum atomic E-state index is 14.0. The van der Waals surface area contributed by atoms with E-state index in [0.717, 1.165) is 4.31 Å². The summed E-state index contributed by atoms with van der Waals surface area (Å²) in [6, 6.07) is 5.82. The van der Waals surface area contributed by atoms with E-state index in [-0.39, 0.29) is 36.0 Å². The Morgan fingerprint density at radius 1 is 1.00 bits per heavy atom. The Balaban J connectivity index is 1.95. The molecule has 10 nitrogen and oxygen atoms in total. The number of hydrogen-bond acceptors (Lipinski definition) is 7. The van der Waals surface area contributed by atoms with Gasteiger partial charge in [-0.1, -0.05) is 77.0 Å². The van der Waals surface area contributed by atoms with Gasteiger partial charge in [0.2, 0.25) is 21.8 Å². The molecule has 2 amide bonds. The summed E-state index contributed by atoms with van der Waals surface area (Å²) >= 11 is 0. The van der Waals surface area contributed by atoms with Gasteiger partial charge < -0.3 is 26.8 Å². The normalized spacial score (nSPS) is 15.6. The minimum Gasteiger partial charge on any atom is -0.399 e. The number of aliphatic hydroxyl groups excluding tert-OH is 1. The number of carbonyl (C=O) groups excluding carboxylic acids is 2. The van der Waals surface area contributed by atoms with Gasteiger partial charge in [-0.3, -0.25) is 9.59 Å². The van der Waals surface area contributed by atoms with Crippen molar-refractivity contribution in [3.8, 4) is 0 Å². The highest BCUT2D eigenvalue weighted by Gasteiger charge is 2.36. The van der Waals surface area contributed by atoms with E-state index in [1.807, 2.05) is 0 Å². The summed E-state index contributed by atoms with van der Waals surface area (Å²) in [6.07, 6.45) is -2.13. The van der Waals surface area contributed by atoms with Crippen molar-refractivity contribution < 1.29 is 34.4 Å². The molecule has 12 heteroatoms. The number of benzene rings is 3. The smallest absolute Gasteiger partial charge is 0.243 e. The average molecular weight is 675 g/mol. The van der Waals surface area contributed by atoms with E-state index in [4.69, 9.17) is 12.6 Å². The molecule has 6 N–H and O–H groups in total. The van der Waals surface area contributed by atoms with Crippen LogP contribution in [0.2, 0.25) is 0 Å². The number of nitrogen functional groups attached to an aromatic ring is 1. The summed E-state index contributed by atoms with van der Waals surface area (Å²) in [5.41, 5.74) is 5.61. The molecule has 0 fully saturated rings. The number of nitrogens with one attached hydrogen (secondary N) is 3. The fourth-order valence-corrected chi connectivity index (χ4v) is 6.43. The van der Waals surface area contributed by atoms with E-state index in [1.54, 1.807) is 40.7 Å². The minimum absolute atomic E-state index is 0.0254. The van der Waals surface area contributed by atoms with Crippen molar-refractivity contribution in [2.75, 3.05) is 25.4 Å². The third-order valence-electron chi connectivity index (χ3n) is 7.18. The number of nitrogens with zero attached hydrogens (tertiary/aromatic N) is 1. The maximum Gasteiger partial charge on any atom is 0.243 e. The Bertz CT molecular complexity index is 1820. The van der Waals surface area contributed by atoms with Crippen LogP contribution in [-0.2, 0) is 32.6 Å².